The number of benzene rings is 1. The van der Waals surface area contributed by atoms with Gasteiger partial charge in [0.1, 0.15) is 11.3 Å². The summed E-state index contributed by atoms with van der Waals surface area (Å²) in [7, 11) is 0. The summed E-state index contributed by atoms with van der Waals surface area (Å²) in [5, 5.41) is -0.192. The van der Waals surface area contributed by atoms with Crippen molar-refractivity contribution >= 4 is 22.6 Å². The first-order valence-corrected chi connectivity index (χ1v) is 6.42. The largest absolute Gasteiger partial charge is 0.324 e. The molecule has 0 aliphatic heterocycles. The highest BCUT2D eigenvalue weighted by molar-refractivity contribution is 6.20. The van der Waals surface area contributed by atoms with E-state index in [4.69, 9.17) is 11.6 Å². The van der Waals surface area contributed by atoms with Crippen molar-refractivity contribution in [1.29, 1.82) is 0 Å². The van der Waals surface area contributed by atoms with E-state index in [1.807, 2.05) is 13.0 Å². The lowest BCUT2D eigenvalue weighted by Gasteiger charge is -2.29. The fraction of sp³-hybridized carbons (Fsp3) is 0.462. The van der Waals surface area contributed by atoms with Crippen molar-refractivity contribution in [2.75, 3.05) is 0 Å². The average molecular weight is 253 g/mol. The molecule has 1 fully saturated rings. The van der Waals surface area contributed by atoms with Crippen LogP contribution in [-0.2, 0) is 0 Å². The van der Waals surface area contributed by atoms with Gasteiger partial charge in [0.05, 0.1) is 10.9 Å². The van der Waals surface area contributed by atoms with Crippen LogP contribution in [0, 0.1) is 5.82 Å². The number of nitrogens with zero attached hydrogens (tertiary/aromatic N) is 2. The van der Waals surface area contributed by atoms with Gasteiger partial charge in [-0.3, -0.25) is 0 Å². The van der Waals surface area contributed by atoms with E-state index in [9.17, 15) is 4.39 Å². The molecule has 0 N–H and O–H groups in total. The molecule has 0 bridgehead atoms. The van der Waals surface area contributed by atoms with Gasteiger partial charge < -0.3 is 4.57 Å². The number of fused-ring (bicyclic) bond motifs is 1. The lowest BCUT2D eigenvalue weighted by Crippen LogP contribution is -2.19. The molecule has 17 heavy (non-hydrogen) atoms. The van der Waals surface area contributed by atoms with Crippen molar-refractivity contribution in [3.05, 3.63) is 29.8 Å². The van der Waals surface area contributed by atoms with E-state index >= 15 is 0 Å². The van der Waals surface area contributed by atoms with Gasteiger partial charge in [0.2, 0.25) is 0 Å². The van der Waals surface area contributed by atoms with Crippen molar-refractivity contribution in [3.63, 3.8) is 0 Å². The Hall–Kier alpha value is -1.09. The van der Waals surface area contributed by atoms with Crippen LogP contribution in [0.2, 0.25) is 0 Å². The Labute approximate surface area is 104 Å². The predicted octanol–water partition coefficient (Wildman–Crippen LogP) is 4.20. The van der Waals surface area contributed by atoms with E-state index in [1.165, 1.54) is 12.5 Å². The number of rotatable bonds is 2. The van der Waals surface area contributed by atoms with Crippen molar-refractivity contribution in [1.82, 2.24) is 9.55 Å². The van der Waals surface area contributed by atoms with Gasteiger partial charge in [-0.05, 0) is 38.3 Å². The van der Waals surface area contributed by atoms with Crippen LogP contribution >= 0.6 is 11.6 Å². The zero-order valence-corrected chi connectivity index (χ0v) is 10.4. The molecule has 1 atom stereocenters. The van der Waals surface area contributed by atoms with E-state index in [0.29, 0.717) is 11.6 Å². The Balaban J connectivity index is 2.27. The second-order valence-corrected chi connectivity index (χ2v) is 5.30. The van der Waals surface area contributed by atoms with Gasteiger partial charge in [0, 0.05) is 6.04 Å². The fourth-order valence-corrected chi connectivity index (χ4v) is 2.56. The fourth-order valence-electron chi connectivity index (χ4n) is 2.41. The first-order valence-electron chi connectivity index (χ1n) is 5.99. The summed E-state index contributed by atoms with van der Waals surface area (Å²) in [6.45, 7) is 1.88. The van der Waals surface area contributed by atoms with Crippen molar-refractivity contribution in [2.45, 2.75) is 37.6 Å². The van der Waals surface area contributed by atoms with Gasteiger partial charge in [-0.1, -0.05) is 6.07 Å². The first kappa shape index (κ1) is 11.0. The molecule has 1 aromatic carbocycles. The van der Waals surface area contributed by atoms with Gasteiger partial charge >= 0.3 is 0 Å². The Kier molecular flexibility index (Phi) is 2.58. The highest BCUT2D eigenvalue weighted by Gasteiger charge is 2.26. The second kappa shape index (κ2) is 3.98. The number of aromatic nitrogens is 2. The summed E-state index contributed by atoms with van der Waals surface area (Å²) in [5.41, 5.74) is 1.32. The molecule has 2 aromatic rings. The summed E-state index contributed by atoms with van der Waals surface area (Å²) >= 11 is 6.15. The molecular weight excluding hydrogens is 239 g/mol. The van der Waals surface area contributed by atoms with E-state index in [1.54, 1.807) is 6.07 Å². The van der Waals surface area contributed by atoms with Crippen molar-refractivity contribution in [2.24, 2.45) is 0 Å². The number of hydrogen-bond donors (Lipinski definition) is 0. The molecule has 1 saturated carbocycles. The van der Waals surface area contributed by atoms with E-state index in [2.05, 4.69) is 9.55 Å². The molecule has 3 rings (SSSR count). The molecule has 0 saturated heterocycles. The number of alkyl halides is 1. The average Bonchev–Trinajstić information content (AvgIpc) is 2.57. The van der Waals surface area contributed by atoms with Crippen LogP contribution in [0.4, 0.5) is 4.39 Å². The van der Waals surface area contributed by atoms with Crippen molar-refractivity contribution < 1.29 is 4.39 Å². The standard InChI is InChI=1S/C13H14ClFN2/c1-8(14)13-16-12-10(15)6-3-7-11(12)17(13)9-4-2-5-9/h3,6-9H,2,4-5H2,1H3. The van der Waals surface area contributed by atoms with Gasteiger partial charge in [-0.25, -0.2) is 9.37 Å². The third-order valence-corrected chi connectivity index (χ3v) is 3.69. The van der Waals surface area contributed by atoms with Crippen LogP contribution in [0.5, 0.6) is 0 Å². The third kappa shape index (κ3) is 1.64. The monoisotopic (exact) mass is 252 g/mol. The minimum atomic E-state index is -0.265. The number of imidazole rings is 1. The van der Waals surface area contributed by atoms with Gasteiger partial charge in [0.15, 0.2) is 5.82 Å². The summed E-state index contributed by atoms with van der Waals surface area (Å²) in [4.78, 5) is 4.37. The number of para-hydroxylation sites is 1. The maximum Gasteiger partial charge on any atom is 0.151 e. The molecule has 0 radical (unpaired) electrons. The smallest absolute Gasteiger partial charge is 0.151 e. The van der Waals surface area contributed by atoms with Crippen LogP contribution in [0.1, 0.15) is 43.4 Å². The maximum absolute atomic E-state index is 13.7. The minimum Gasteiger partial charge on any atom is -0.324 e. The topological polar surface area (TPSA) is 17.8 Å². The zero-order chi connectivity index (χ0) is 12.0. The molecule has 1 unspecified atom stereocenters. The van der Waals surface area contributed by atoms with Gasteiger partial charge in [-0.2, -0.15) is 0 Å². The first-order chi connectivity index (χ1) is 8.18. The van der Waals surface area contributed by atoms with Crippen LogP contribution in [0.15, 0.2) is 18.2 Å². The number of hydrogen-bond acceptors (Lipinski definition) is 1. The second-order valence-electron chi connectivity index (χ2n) is 4.65. The summed E-state index contributed by atoms with van der Waals surface area (Å²) in [6, 6.07) is 5.55. The highest BCUT2D eigenvalue weighted by atomic mass is 35.5. The van der Waals surface area contributed by atoms with Gasteiger partial charge in [-0.15, -0.1) is 11.6 Å². The zero-order valence-electron chi connectivity index (χ0n) is 9.66. The molecule has 1 aromatic heterocycles. The minimum absolute atomic E-state index is 0.192. The quantitative estimate of drug-likeness (QED) is 0.733. The van der Waals surface area contributed by atoms with E-state index in [-0.39, 0.29) is 11.2 Å². The molecule has 1 aliphatic carbocycles. The summed E-state index contributed by atoms with van der Waals surface area (Å²) < 4.78 is 15.8. The molecule has 1 aliphatic rings. The SMILES string of the molecule is CC(Cl)c1nc2c(F)cccc2n1C1CCC1. The molecule has 0 spiro atoms. The molecule has 1 heterocycles. The lowest BCUT2D eigenvalue weighted by molar-refractivity contribution is 0.313. The van der Waals surface area contributed by atoms with Crippen molar-refractivity contribution in [3.8, 4) is 0 Å². The summed E-state index contributed by atoms with van der Waals surface area (Å²) in [5.74, 6) is 0.524. The molecule has 4 heteroatoms. The maximum atomic E-state index is 13.7. The molecule has 2 nitrogen and oxygen atoms in total. The Morgan fingerprint density at radius 3 is 2.82 bits per heavy atom. The van der Waals surface area contributed by atoms with Crippen LogP contribution in [0.3, 0.4) is 0 Å². The Morgan fingerprint density at radius 1 is 1.47 bits per heavy atom. The Morgan fingerprint density at radius 2 is 2.24 bits per heavy atom. The third-order valence-electron chi connectivity index (χ3n) is 3.49. The van der Waals surface area contributed by atoms with Crippen LogP contribution in [-0.4, -0.2) is 9.55 Å². The molecule has 0 amide bonds. The highest BCUT2D eigenvalue weighted by Crippen LogP contribution is 2.38. The van der Waals surface area contributed by atoms with Gasteiger partial charge in [0.25, 0.3) is 0 Å². The summed E-state index contributed by atoms with van der Waals surface area (Å²) in [6.07, 6.45) is 3.51. The Bertz CT molecular complexity index is 558. The lowest BCUT2D eigenvalue weighted by atomic mass is 9.92. The van der Waals surface area contributed by atoms with E-state index < -0.39 is 0 Å². The molecule has 90 valence electrons. The normalized spacial score (nSPS) is 18.3. The van der Waals surface area contributed by atoms with E-state index in [0.717, 1.165) is 24.2 Å². The number of halogens is 2. The van der Waals surface area contributed by atoms with Crippen LogP contribution < -0.4 is 0 Å². The predicted molar refractivity (Wildman–Crippen MR) is 66.8 cm³/mol. The van der Waals surface area contributed by atoms with Crippen LogP contribution in [0.25, 0.3) is 11.0 Å². The molecular formula is C13H14ClFN2.